The minimum Gasteiger partial charge on any atom is -0.493 e. The fourth-order valence-corrected chi connectivity index (χ4v) is 1.68. The summed E-state index contributed by atoms with van der Waals surface area (Å²) in [5, 5.41) is 2.69. The molecular formula is C15H16N2O3. The number of para-hydroxylation sites is 4. The Bertz CT molecular complexity index is 599. The summed E-state index contributed by atoms with van der Waals surface area (Å²) in [6.07, 6.45) is 0. The first-order valence-corrected chi connectivity index (χ1v) is 6.14. The molecule has 0 saturated carbocycles. The molecule has 2 rings (SSSR count). The topological polar surface area (TPSA) is 73.6 Å². The molecule has 0 aliphatic carbocycles. The third kappa shape index (κ3) is 3.27. The van der Waals surface area contributed by atoms with Crippen LogP contribution in [0.3, 0.4) is 0 Å². The van der Waals surface area contributed by atoms with E-state index in [0.29, 0.717) is 22.9 Å². The number of benzene rings is 2. The van der Waals surface area contributed by atoms with Crippen molar-refractivity contribution in [3.8, 4) is 17.2 Å². The van der Waals surface area contributed by atoms with Crippen LogP contribution >= 0.6 is 0 Å². The molecule has 0 spiro atoms. The van der Waals surface area contributed by atoms with Gasteiger partial charge in [-0.1, -0.05) is 24.3 Å². The second-order valence-electron chi connectivity index (χ2n) is 4.00. The molecule has 5 nitrogen and oxygen atoms in total. The second kappa shape index (κ2) is 6.58. The molecule has 0 aromatic heterocycles. The zero-order chi connectivity index (χ0) is 14.4. The van der Waals surface area contributed by atoms with Crippen LogP contribution in [-0.4, -0.2) is 19.6 Å². The van der Waals surface area contributed by atoms with Gasteiger partial charge in [-0.15, -0.1) is 0 Å². The maximum absolute atomic E-state index is 11.4. The number of ether oxygens (including phenoxy) is 2. The molecule has 5 heteroatoms. The van der Waals surface area contributed by atoms with E-state index in [1.54, 1.807) is 37.4 Å². The van der Waals surface area contributed by atoms with Crippen molar-refractivity contribution in [2.45, 2.75) is 0 Å². The van der Waals surface area contributed by atoms with E-state index < -0.39 is 0 Å². The largest absolute Gasteiger partial charge is 0.493 e. The Morgan fingerprint density at radius 3 is 2.30 bits per heavy atom. The Morgan fingerprint density at radius 1 is 1.05 bits per heavy atom. The Kier molecular flexibility index (Phi) is 4.57. The lowest BCUT2D eigenvalue weighted by Gasteiger charge is -2.13. The van der Waals surface area contributed by atoms with Crippen LogP contribution in [0.5, 0.6) is 17.2 Å². The van der Waals surface area contributed by atoms with Crippen LogP contribution in [0.1, 0.15) is 0 Å². The second-order valence-corrected chi connectivity index (χ2v) is 4.00. The average Bonchev–Trinajstić information content (AvgIpc) is 2.49. The molecule has 0 atom stereocenters. The zero-order valence-corrected chi connectivity index (χ0v) is 11.1. The van der Waals surface area contributed by atoms with E-state index >= 15 is 0 Å². The fourth-order valence-electron chi connectivity index (χ4n) is 1.68. The summed E-state index contributed by atoms with van der Waals surface area (Å²) in [5.74, 6) is 1.44. The maximum atomic E-state index is 11.4. The third-order valence-corrected chi connectivity index (χ3v) is 2.64. The molecule has 0 heterocycles. The van der Waals surface area contributed by atoms with Gasteiger partial charge in [0.15, 0.2) is 17.2 Å². The first-order valence-electron chi connectivity index (χ1n) is 6.14. The fraction of sp³-hybridized carbons (Fsp3) is 0.133. The monoisotopic (exact) mass is 272 g/mol. The van der Waals surface area contributed by atoms with Gasteiger partial charge in [0.1, 0.15) is 0 Å². The van der Waals surface area contributed by atoms with Crippen LogP contribution in [0.15, 0.2) is 48.5 Å². The normalized spacial score (nSPS) is 9.90. The molecule has 2 aromatic carbocycles. The van der Waals surface area contributed by atoms with Gasteiger partial charge >= 0.3 is 0 Å². The van der Waals surface area contributed by atoms with Crippen molar-refractivity contribution in [1.29, 1.82) is 0 Å². The van der Waals surface area contributed by atoms with Gasteiger partial charge in [-0.25, -0.2) is 0 Å². The molecular weight excluding hydrogens is 256 g/mol. The van der Waals surface area contributed by atoms with Crippen molar-refractivity contribution in [1.82, 2.24) is 0 Å². The lowest BCUT2D eigenvalue weighted by atomic mass is 10.2. The molecule has 0 unspecified atom stereocenters. The van der Waals surface area contributed by atoms with Crippen molar-refractivity contribution in [2.24, 2.45) is 5.73 Å². The highest BCUT2D eigenvalue weighted by molar-refractivity contribution is 5.93. The van der Waals surface area contributed by atoms with Crippen LogP contribution < -0.4 is 20.5 Å². The van der Waals surface area contributed by atoms with Crippen molar-refractivity contribution in [2.75, 3.05) is 19.0 Å². The summed E-state index contributed by atoms with van der Waals surface area (Å²) in [5.41, 5.74) is 5.86. The minimum absolute atomic E-state index is 0.0804. The number of nitrogens with one attached hydrogen (secondary N) is 1. The van der Waals surface area contributed by atoms with Crippen LogP contribution in [0, 0.1) is 0 Å². The molecule has 0 aliphatic heterocycles. The van der Waals surface area contributed by atoms with E-state index in [2.05, 4.69) is 5.32 Å². The predicted molar refractivity (Wildman–Crippen MR) is 77.2 cm³/mol. The number of amides is 1. The van der Waals surface area contributed by atoms with Crippen LogP contribution in [0.2, 0.25) is 0 Å². The summed E-state index contributed by atoms with van der Waals surface area (Å²) >= 11 is 0. The van der Waals surface area contributed by atoms with Gasteiger partial charge in [0, 0.05) is 0 Å². The van der Waals surface area contributed by atoms with Gasteiger partial charge in [0.05, 0.1) is 19.3 Å². The Balaban J connectivity index is 2.27. The summed E-state index contributed by atoms with van der Waals surface area (Å²) < 4.78 is 11.0. The molecule has 104 valence electrons. The van der Waals surface area contributed by atoms with Crippen molar-refractivity contribution in [3.63, 3.8) is 0 Å². The SMILES string of the molecule is COc1ccccc1Oc1ccccc1NC(=O)CN. The number of methoxy groups -OCH3 is 1. The molecule has 0 bridgehead atoms. The molecule has 0 saturated heterocycles. The molecule has 0 radical (unpaired) electrons. The molecule has 2 aromatic rings. The van der Waals surface area contributed by atoms with Gasteiger partial charge in [-0.2, -0.15) is 0 Å². The Morgan fingerprint density at radius 2 is 1.65 bits per heavy atom. The number of hydrogen-bond acceptors (Lipinski definition) is 4. The smallest absolute Gasteiger partial charge is 0.238 e. The summed E-state index contributed by atoms with van der Waals surface area (Å²) in [7, 11) is 1.57. The number of hydrogen-bond donors (Lipinski definition) is 2. The molecule has 0 aliphatic rings. The molecule has 3 N–H and O–H groups in total. The number of rotatable bonds is 5. The van der Waals surface area contributed by atoms with Gasteiger partial charge < -0.3 is 20.5 Å². The van der Waals surface area contributed by atoms with Crippen molar-refractivity contribution < 1.29 is 14.3 Å². The van der Waals surface area contributed by atoms with Crippen molar-refractivity contribution >= 4 is 11.6 Å². The number of anilines is 1. The lowest BCUT2D eigenvalue weighted by molar-refractivity contribution is -0.114. The quantitative estimate of drug-likeness (QED) is 0.876. The Labute approximate surface area is 117 Å². The summed E-state index contributed by atoms with van der Waals surface area (Å²) in [6.45, 7) is -0.0804. The first kappa shape index (κ1) is 13.9. The van der Waals surface area contributed by atoms with Crippen LogP contribution in [0.4, 0.5) is 5.69 Å². The number of carbonyl (C=O) groups is 1. The zero-order valence-electron chi connectivity index (χ0n) is 11.1. The molecule has 1 amide bonds. The highest BCUT2D eigenvalue weighted by Gasteiger charge is 2.09. The van der Waals surface area contributed by atoms with Crippen LogP contribution in [0.25, 0.3) is 0 Å². The highest BCUT2D eigenvalue weighted by Crippen LogP contribution is 2.34. The Hall–Kier alpha value is -2.53. The average molecular weight is 272 g/mol. The van der Waals surface area contributed by atoms with Crippen LogP contribution in [-0.2, 0) is 4.79 Å². The van der Waals surface area contributed by atoms with E-state index in [1.165, 1.54) is 0 Å². The van der Waals surface area contributed by atoms with Gasteiger partial charge in [0.25, 0.3) is 0 Å². The van der Waals surface area contributed by atoms with E-state index in [1.807, 2.05) is 18.2 Å². The summed E-state index contributed by atoms with van der Waals surface area (Å²) in [6, 6.07) is 14.4. The van der Waals surface area contributed by atoms with Gasteiger partial charge in [0.2, 0.25) is 5.91 Å². The molecule has 20 heavy (non-hydrogen) atoms. The van der Waals surface area contributed by atoms with E-state index in [0.717, 1.165) is 0 Å². The van der Waals surface area contributed by atoms with E-state index in [-0.39, 0.29) is 12.5 Å². The standard InChI is InChI=1S/C15H16N2O3/c1-19-13-8-4-5-9-14(13)20-12-7-3-2-6-11(12)17-15(18)10-16/h2-9H,10,16H2,1H3,(H,17,18). The third-order valence-electron chi connectivity index (χ3n) is 2.64. The maximum Gasteiger partial charge on any atom is 0.238 e. The lowest BCUT2D eigenvalue weighted by Crippen LogP contribution is -2.22. The molecule has 0 fully saturated rings. The minimum atomic E-state index is -0.277. The highest BCUT2D eigenvalue weighted by atomic mass is 16.5. The summed E-state index contributed by atoms with van der Waals surface area (Å²) in [4.78, 5) is 11.4. The number of nitrogens with two attached hydrogens (primary N) is 1. The predicted octanol–water partition coefficient (Wildman–Crippen LogP) is 2.38. The van der Waals surface area contributed by atoms with Gasteiger partial charge in [-0.05, 0) is 24.3 Å². The van der Waals surface area contributed by atoms with Crippen molar-refractivity contribution in [3.05, 3.63) is 48.5 Å². The van der Waals surface area contributed by atoms with E-state index in [4.69, 9.17) is 15.2 Å². The van der Waals surface area contributed by atoms with Gasteiger partial charge in [-0.3, -0.25) is 4.79 Å². The van der Waals surface area contributed by atoms with E-state index in [9.17, 15) is 4.79 Å². The first-order chi connectivity index (χ1) is 9.74. The number of carbonyl (C=O) groups excluding carboxylic acids is 1.